The number of fused-ring (bicyclic) bond motifs is 1. The third-order valence-electron chi connectivity index (χ3n) is 7.31. The molecule has 1 aromatic carbocycles. The molecule has 2 atom stereocenters. The van der Waals surface area contributed by atoms with Gasteiger partial charge in [0.15, 0.2) is 5.78 Å². The van der Waals surface area contributed by atoms with Gasteiger partial charge in [0.05, 0.1) is 36.2 Å². The summed E-state index contributed by atoms with van der Waals surface area (Å²) in [4.78, 5) is 33.5. The highest BCUT2D eigenvalue weighted by Gasteiger charge is 2.43. The Morgan fingerprint density at radius 2 is 1.97 bits per heavy atom. The summed E-state index contributed by atoms with van der Waals surface area (Å²) in [7, 11) is 0. The summed E-state index contributed by atoms with van der Waals surface area (Å²) in [6.45, 7) is 4.89. The predicted octanol–water partition coefficient (Wildman–Crippen LogP) is 5.00. The zero-order valence-electron chi connectivity index (χ0n) is 20.6. The van der Waals surface area contributed by atoms with Gasteiger partial charge < -0.3 is 15.5 Å². The Morgan fingerprint density at radius 3 is 2.74 bits per heavy atom. The molecule has 182 valence electrons. The van der Waals surface area contributed by atoms with Crippen LogP contribution in [0.5, 0.6) is 0 Å². The van der Waals surface area contributed by atoms with E-state index in [1.54, 1.807) is 6.20 Å². The van der Waals surface area contributed by atoms with Crippen molar-refractivity contribution >= 4 is 23.1 Å². The molecule has 0 saturated carbocycles. The van der Waals surface area contributed by atoms with Crippen LogP contribution in [0.25, 0.3) is 0 Å². The molecule has 0 spiro atoms. The number of hydrogen-bond donors (Lipinski definition) is 2. The zero-order chi connectivity index (χ0) is 24.4. The van der Waals surface area contributed by atoms with Crippen LogP contribution in [0.15, 0.2) is 72.1 Å². The SMILES string of the molecule is CC1(C)CC(=O)C2=C(C1)Nc1ccccc1N(CC(=O)NCc1ccccn1)[C@H]2[C@@H]1CC=CCC1. The number of nitrogens with zero attached hydrogens (tertiary/aromatic N) is 2. The third-order valence-corrected chi connectivity index (χ3v) is 7.31. The highest BCUT2D eigenvalue weighted by molar-refractivity contribution is 6.01. The van der Waals surface area contributed by atoms with Crippen molar-refractivity contribution in [3.8, 4) is 0 Å². The molecule has 1 aliphatic heterocycles. The van der Waals surface area contributed by atoms with Gasteiger partial charge in [-0.15, -0.1) is 0 Å². The van der Waals surface area contributed by atoms with Crippen LogP contribution in [0.2, 0.25) is 0 Å². The number of carbonyl (C=O) groups excluding carboxylic acids is 2. The number of hydrogen-bond acceptors (Lipinski definition) is 5. The molecule has 2 aliphatic carbocycles. The van der Waals surface area contributed by atoms with Gasteiger partial charge in [0.25, 0.3) is 0 Å². The van der Waals surface area contributed by atoms with Gasteiger partial charge in [0.2, 0.25) is 5.91 Å². The van der Waals surface area contributed by atoms with Crippen molar-refractivity contribution in [2.75, 3.05) is 16.8 Å². The van der Waals surface area contributed by atoms with Crippen LogP contribution >= 0.6 is 0 Å². The molecule has 1 aromatic heterocycles. The maximum Gasteiger partial charge on any atom is 0.239 e. The van der Waals surface area contributed by atoms with Gasteiger partial charge in [-0.25, -0.2) is 0 Å². The number of pyridine rings is 1. The van der Waals surface area contributed by atoms with Crippen LogP contribution in [0.4, 0.5) is 11.4 Å². The van der Waals surface area contributed by atoms with Crippen molar-refractivity contribution in [2.45, 2.75) is 58.5 Å². The van der Waals surface area contributed by atoms with Crippen LogP contribution in [-0.4, -0.2) is 29.3 Å². The van der Waals surface area contributed by atoms with Gasteiger partial charge >= 0.3 is 0 Å². The van der Waals surface area contributed by atoms with E-state index in [-0.39, 0.29) is 35.6 Å². The predicted molar refractivity (Wildman–Crippen MR) is 139 cm³/mol. The number of allylic oxidation sites excluding steroid dienone is 3. The first-order valence-electron chi connectivity index (χ1n) is 12.6. The van der Waals surface area contributed by atoms with E-state index in [9.17, 15) is 9.59 Å². The number of anilines is 2. The van der Waals surface area contributed by atoms with E-state index < -0.39 is 0 Å². The fraction of sp³-hybridized carbons (Fsp3) is 0.414. The zero-order valence-corrected chi connectivity index (χ0v) is 20.6. The topological polar surface area (TPSA) is 74.3 Å². The first kappa shape index (κ1) is 23.3. The van der Waals surface area contributed by atoms with Gasteiger partial charge in [0, 0.05) is 23.9 Å². The molecule has 5 rings (SSSR count). The van der Waals surface area contributed by atoms with E-state index in [1.165, 1.54) is 0 Å². The first-order chi connectivity index (χ1) is 16.9. The van der Waals surface area contributed by atoms with E-state index in [1.807, 2.05) is 36.4 Å². The summed E-state index contributed by atoms with van der Waals surface area (Å²) < 4.78 is 0. The lowest BCUT2D eigenvalue weighted by Gasteiger charge is -2.41. The van der Waals surface area contributed by atoms with Crippen LogP contribution in [0.1, 0.15) is 51.6 Å². The second-order valence-corrected chi connectivity index (χ2v) is 10.7. The number of ketones is 1. The van der Waals surface area contributed by atoms with Gasteiger partial charge in [-0.2, -0.15) is 0 Å². The number of rotatable bonds is 5. The smallest absolute Gasteiger partial charge is 0.239 e. The molecular formula is C29H34N4O2. The number of benzene rings is 1. The minimum absolute atomic E-state index is 0.0746. The van der Waals surface area contributed by atoms with Gasteiger partial charge in [-0.3, -0.25) is 14.6 Å². The molecule has 0 unspecified atom stereocenters. The summed E-state index contributed by atoms with van der Waals surface area (Å²) in [5.74, 6) is 0.399. The number of Topliss-reactive ketones (excluding diaryl/α,β-unsaturated/α-hetero) is 1. The molecule has 35 heavy (non-hydrogen) atoms. The van der Waals surface area contributed by atoms with Crippen LogP contribution in [0, 0.1) is 11.3 Å². The van der Waals surface area contributed by atoms with Crippen molar-refractivity contribution in [3.05, 3.63) is 77.8 Å². The summed E-state index contributed by atoms with van der Waals surface area (Å²) in [5, 5.41) is 6.67. The van der Waals surface area contributed by atoms with Crippen LogP contribution in [0.3, 0.4) is 0 Å². The fourth-order valence-electron chi connectivity index (χ4n) is 5.77. The summed E-state index contributed by atoms with van der Waals surface area (Å²) >= 11 is 0. The molecular weight excluding hydrogens is 436 g/mol. The van der Waals surface area contributed by atoms with Crippen molar-refractivity contribution in [1.29, 1.82) is 0 Å². The van der Waals surface area contributed by atoms with Gasteiger partial charge in [-0.05, 0) is 61.3 Å². The largest absolute Gasteiger partial charge is 0.357 e. The number of carbonyl (C=O) groups is 2. The molecule has 2 N–H and O–H groups in total. The maximum atomic E-state index is 13.7. The molecule has 3 aliphatic rings. The van der Waals surface area contributed by atoms with Crippen LogP contribution in [-0.2, 0) is 16.1 Å². The number of nitrogens with one attached hydrogen (secondary N) is 2. The lowest BCUT2D eigenvalue weighted by atomic mass is 9.71. The highest BCUT2D eigenvalue weighted by atomic mass is 16.2. The van der Waals surface area contributed by atoms with E-state index in [0.717, 1.165) is 54.0 Å². The van der Waals surface area contributed by atoms with Crippen molar-refractivity contribution in [2.24, 2.45) is 11.3 Å². The van der Waals surface area contributed by atoms with Crippen molar-refractivity contribution in [3.63, 3.8) is 0 Å². The Bertz CT molecular complexity index is 1170. The standard InChI is InChI=1S/C29H34N4O2/c1-29(2)16-23-27(25(34)17-29)28(20-10-4-3-5-11-20)33(24-14-7-6-13-22(24)32-23)19-26(35)31-18-21-12-8-9-15-30-21/h3-4,6-9,12-15,20,28,32H,5,10-11,16-19H2,1-2H3,(H,31,35)/t20-,28+/m1/s1. The lowest BCUT2D eigenvalue weighted by Crippen LogP contribution is -2.49. The molecule has 2 aromatic rings. The Morgan fingerprint density at radius 1 is 1.14 bits per heavy atom. The summed E-state index contributed by atoms with van der Waals surface area (Å²) in [6.07, 6.45) is 10.5. The minimum atomic E-state index is -0.143. The number of para-hydroxylation sites is 2. The quantitative estimate of drug-likeness (QED) is 0.602. The average Bonchev–Trinajstić information content (AvgIpc) is 2.98. The highest BCUT2D eigenvalue weighted by Crippen LogP contribution is 2.46. The van der Waals surface area contributed by atoms with Crippen molar-refractivity contribution in [1.82, 2.24) is 10.3 Å². The molecule has 0 fully saturated rings. The van der Waals surface area contributed by atoms with Gasteiger partial charge in [-0.1, -0.05) is 44.2 Å². The minimum Gasteiger partial charge on any atom is -0.357 e. The Kier molecular flexibility index (Phi) is 6.46. The maximum absolute atomic E-state index is 13.7. The van der Waals surface area contributed by atoms with E-state index in [0.29, 0.717) is 13.0 Å². The van der Waals surface area contributed by atoms with E-state index >= 15 is 0 Å². The first-order valence-corrected chi connectivity index (χ1v) is 12.6. The Labute approximate surface area is 207 Å². The molecule has 1 amide bonds. The molecule has 6 nitrogen and oxygen atoms in total. The number of amides is 1. The molecule has 0 bridgehead atoms. The normalized spacial score (nSPS) is 23.1. The van der Waals surface area contributed by atoms with Crippen molar-refractivity contribution < 1.29 is 9.59 Å². The Hall–Kier alpha value is -3.41. The molecule has 6 heteroatoms. The molecule has 2 heterocycles. The van der Waals surface area contributed by atoms with Gasteiger partial charge in [0.1, 0.15) is 0 Å². The summed E-state index contributed by atoms with van der Waals surface area (Å²) in [5.41, 5.74) is 4.55. The fourth-order valence-corrected chi connectivity index (χ4v) is 5.77. The second kappa shape index (κ2) is 9.68. The summed E-state index contributed by atoms with van der Waals surface area (Å²) in [6, 6.07) is 13.7. The monoisotopic (exact) mass is 470 g/mol. The molecule has 0 radical (unpaired) electrons. The van der Waals surface area contributed by atoms with E-state index in [2.05, 4.69) is 52.6 Å². The second-order valence-electron chi connectivity index (χ2n) is 10.7. The lowest BCUT2D eigenvalue weighted by molar-refractivity contribution is -0.121. The van der Waals surface area contributed by atoms with E-state index in [4.69, 9.17) is 0 Å². The third kappa shape index (κ3) is 5.02. The average molecular weight is 471 g/mol. The Balaban J connectivity index is 1.53. The number of aromatic nitrogens is 1. The van der Waals surface area contributed by atoms with Crippen LogP contribution < -0.4 is 15.5 Å². The molecule has 0 saturated heterocycles.